The van der Waals surface area contributed by atoms with E-state index in [1.807, 2.05) is 0 Å². The molecule has 1 aromatic rings. The standard InChI is InChI=1S/C7H3BF7.K/c9-6-2-1-4(7(10,11)12)3-5(6)8(13,14)15;/h1-3H;/q-1;+1. The van der Waals surface area contributed by atoms with Gasteiger partial charge in [0.1, 0.15) is 0 Å². The first-order valence-electron chi connectivity index (χ1n) is 3.69. The van der Waals surface area contributed by atoms with E-state index in [0.717, 1.165) is 0 Å². The Hall–Kier alpha value is 0.431. The first-order chi connectivity index (χ1) is 6.62. The van der Waals surface area contributed by atoms with E-state index in [2.05, 4.69) is 0 Å². The van der Waals surface area contributed by atoms with Crippen LogP contribution < -0.4 is 56.8 Å². The molecule has 0 aliphatic rings. The summed E-state index contributed by atoms with van der Waals surface area (Å²) in [6, 6.07) is 0.198. The summed E-state index contributed by atoms with van der Waals surface area (Å²) in [6.07, 6.45) is -4.91. The van der Waals surface area contributed by atoms with Crippen LogP contribution in [0.4, 0.5) is 30.5 Å². The van der Waals surface area contributed by atoms with Gasteiger partial charge in [-0.3, -0.25) is 0 Å². The van der Waals surface area contributed by atoms with E-state index in [4.69, 9.17) is 0 Å². The Morgan fingerprint density at radius 1 is 1.00 bits per heavy atom. The second kappa shape index (κ2) is 5.38. The summed E-state index contributed by atoms with van der Waals surface area (Å²) in [4.78, 5) is 0. The minimum Gasteiger partial charge on any atom is -0.445 e. The number of rotatable bonds is 1. The molecule has 0 amide bonds. The van der Waals surface area contributed by atoms with Crippen molar-refractivity contribution < 1.29 is 81.9 Å². The van der Waals surface area contributed by atoms with Crippen LogP contribution in [0.25, 0.3) is 0 Å². The smallest absolute Gasteiger partial charge is 0.445 e. The third-order valence-corrected chi connectivity index (χ3v) is 1.68. The minimum atomic E-state index is -5.78. The van der Waals surface area contributed by atoms with Crippen LogP contribution in [0, 0.1) is 5.82 Å². The zero-order valence-electron chi connectivity index (χ0n) is 7.96. The van der Waals surface area contributed by atoms with Gasteiger partial charge in [-0.15, -0.1) is 0 Å². The van der Waals surface area contributed by atoms with Crippen LogP contribution in [-0.2, 0) is 6.18 Å². The number of alkyl halides is 3. The van der Waals surface area contributed by atoms with Crippen LogP contribution in [0.15, 0.2) is 18.2 Å². The molecule has 0 aliphatic heterocycles. The fourth-order valence-corrected chi connectivity index (χ4v) is 0.971. The molecule has 84 valence electrons. The quantitative estimate of drug-likeness (QED) is 0.494. The van der Waals surface area contributed by atoms with Crippen molar-refractivity contribution in [3.63, 3.8) is 0 Å². The maximum absolute atomic E-state index is 12.6. The Balaban J connectivity index is 0.00000225. The largest absolute Gasteiger partial charge is 1.00 e. The van der Waals surface area contributed by atoms with Crippen LogP contribution in [0.3, 0.4) is 0 Å². The molecule has 0 unspecified atom stereocenters. The maximum atomic E-state index is 12.6. The predicted octanol–water partition coefficient (Wildman–Crippen LogP) is -0.0971. The molecule has 1 aromatic carbocycles. The zero-order chi connectivity index (χ0) is 11.9. The molecular weight excluding hydrogens is 267 g/mol. The summed E-state index contributed by atoms with van der Waals surface area (Å²) in [7, 11) is 0. The van der Waals surface area contributed by atoms with Gasteiger partial charge in [0.15, 0.2) is 0 Å². The van der Waals surface area contributed by atoms with Crippen LogP contribution >= 0.6 is 0 Å². The van der Waals surface area contributed by atoms with Crippen molar-refractivity contribution in [2.24, 2.45) is 0 Å². The topological polar surface area (TPSA) is 0 Å². The van der Waals surface area contributed by atoms with Crippen LogP contribution in [0.1, 0.15) is 5.56 Å². The SMILES string of the molecule is Fc1ccc(C(F)(F)F)cc1[B-](F)(F)F.[K+]. The number of benzene rings is 1. The van der Waals surface area contributed by atoms with Crippen molar-refractivity contribution in [2.75, 3.05) is 0 Å². The number of hydrogen-bond acceptors (Lipinski definition) is 0. The van der Waals surface area contributed by atoms with Gasteiger partial charge in [0.25, 0.3) is 0 Å². The van der Waals surface area contributed by atoms with E-state index < -0.39 is 30.0 Å². The molecule has 9 heteroatoms. The predicted molar refractivity (Wildman–Crippen MR) is 40.1 cm³/mol. The molecule has 0 fully saturated rings. The Morgan fingerprint density at radius 2 is 1.50 bits per heavy atom. The third kappa shape index (κ3) is 4.03. The van der Waals surface area contributed by atoms with Gasteiger partial charge in [0, 0.05) is 0 Å². The van der Waals surface area contributed by atoms with Gasteiger partial charge in [-0.25, -0.2) is 4.39 Å². The van der Waals surface area contributed by atoms with Gasteiger partial charge in [0.05, 0.1) is 11.4 Å². The van der Waals surface area contributed by atoms with E-state index >= 15 is 0 Å². The van der Waals surface area contributed by atoms with E-state index in [1.54, 1.807) is 0 Å². The van der Waals surface area contributed by atoms with Crippen molar-refractivity contribution in [1.29, 1.82) is 0 Å². The molecule has 0 saturated carbocycles. The van der Waals surface area contributed by atoms with Crippen LogP contribution in [0.5, 0.6) is 0 Å². The van der Waals surface area contributed by atoms with E-state index in [-0.39, 0.29) is 69.6 Å². The average Bonchev–Trinajstić information content (AvgIpc) is 2.00. The van der Waals surface area contributed by atoms with E-state index in [9.17, 15) is 30.5 Å². The van der Waals surface area contributed by atoms with Gasteiger partial charge in [-0.2, -0.15) is 13.2 Å². The summed E-state index contributed by atoms with van der Waals surface area (Å²) in [5.41, 5.74) is -3.37. The van der Waals surface area contributed by atoms with Crippen molar-refractivity contribution in [3.05, 3.63) is 29.6 Å². The molecule has 0 N–H and O–H groups in total. The summed E-state index contributed by atoms with van der Waals surface area (Å²) in [6.45, 7) is -5.78. The number of hydrogen-bond donors (Lipinski definition) is 0. The molecule has 0 spiro atoms. The molecular formula is C7H3BF7K. The fourth-order valence-electron chi connectivity index (χ4n) is 0.971. The Labute approximate surface area is 129 Å². The Kier molecular flexibility index (Phi) is 5.53. The first kappa shape index (κ1) is 16.4. The van der Waals surface area contributed by atoms with Crippen molar-refractivity contribution >= 4 is 12.4 Å². The second-order valence-corrected chi connectivity index (χ2v) is 2.81. The van der Waals surface area contributed by atoms with Crippen molar-refractivity contribution in [1.82, 2.24) is 0 Å². The normalized spacial score (nSPS) is 12.2. The third-order valence-electron chi connectivity index (χ3n) is 1.68. The monoisotopic (exact) mass is 270 g/mol. The molecule has 0 radical (unpaired) electrons. The molecule has 0 aliphatic carbocycles. The van der Waals surface area contributed by atoms with Gasteiger partial charge >= 0.3 is 64.5 Å². The van der Waals surface area contributed by atoms with Crippen LogP contribution in [-0.4, -0.2) is 6.98 Å². The Bertz CT molecular complexity index is 370. The zero-order valence-corrected chi connectivity index (χ0v) is 11.1. The minimum absolute atomic E-state index is 0. The molecule has 0 nitrogen and oxygen atoms in total. The Morgan fingerprint density at radius 3 is 1.88 bits per heavy atom. The van der Waals surface area contributed by atoms with Crippen molar-refractivity contribution in [2.45, 2.75) is 6.18 Å². The first-order valence-corrected chi connectivity index (χ1v) is 3.69. The van der Waals surface area contributed by atoms with Crippen molar-refractivity contribution in [3.8, 4) is 0 Å². The molecule has 0 heterocycles. The van der Waals surface area contributed by atoms with Gasteiger partial charge in [-0.1, -0.05) is 11.5 Å². The van der Waals surface area contributed by atoms with E-state index in [0.29, 0.717) is 0 Å². The number of halogens is 7. The van der Waals surface area contributed by atoms with Gasteiger partial charge < -0.3 is 12.9 Å². The molecule has 16 heavy (non-hydrogen) atoms. The molecule has 0 bridgehead atoms. The van der Waals surface area contributed by atoms with Gasteiger partial charge in [0.2, 0.25) is 0 Å². The summed E-state index contributed by atoms with van der Waals surface area (Å²) >= 11 is 0. The molecule has 1 rings (SSSR count). The summed E-state index contributed by atoms with van der Waals surface area (Å²) < 4.78 is 84.8. The second-order valence-electron chi connectivity index (χ2n) is 2.81. The summed E-state index contributed by atoms with van der Waals surface area (Å²) in [5.74, 6) is -1.70. The molecule has 0 saturated heterocycles. The maximum Gasteiger partial charge on any atom is 1.00 e. The molecule has 0 atom stereocenters. The summed E-state index contributed by atoms with van der Waals surface area (Å²) in [5, 5.41) is 0. The fraction of sp³-hybridized carbons (Fsp3) is 0.143. The average molecular weight is 270 g/mol. The van der Waals surface area contributed by atoms with E-state index in [1.165, 1.54) is 0 Å². The van der Waals surface area contributed by atoms with Gasteiger partial charge in [-0.05, 0) is 12.1 Å². The van der Waals surface area contributed by atoms with Crippen LogP contribution in [0.2, 0.25) is 0 Å². The molecule has 0 aromatic heterocycles.